The van der Waals surface area contributed by atoms with E-state index in [4.69, 9.17) is 0 Å². The molecule has 0 aromatic carbocycles. The van der Waals surface area contributed by atoms with E-state index in [-0.39, 0.29) is 0 Å². The van der Waals surface area contributed by atoms with Crippen LogP contribution in [0.25, 0.3) is 0 Å². The Labute approximate surface area is 121 Å². The first kappa shape index (κ1) is 18.4. The molecule has 0 fully saturated rings. The predicted molar refractivity (Wildman–Crippen MR) is 88.7 cm³/mol. The first-order chi connectivity index (χ1) is 9.35. The van der Waals surface area contributed by atoms with Gasteiger partial charge in [-0.15, -0.1) is 6.58 Å². The molecule has 1 heteroatoms. The van der Waals surface area contributed by atoms with E-state index in [9.17, 15) is 0 Å². The summed E-state index contributed by atoms with van der Waals surface area (Å²) in [7, 11) is 0. The molecule has 0 amide bonds. The van der Waals surface area contributed by atoms with Crippen molar-refractivity contribution in [3.05, 3.63) is 24.3 Å². The topological polar surface area (TPSA) is 12.0 Å². The fourth-order valence-electron chi connectivity index (χ4n) is 2.29. The lowest BCUT2D eigenvalue weighted by atomic mass is 10.00. The van der Waals surface area contributed by atoms with E-state index in [1.54, 1.807) is 5.57 Å². The maximum absolute atomic E-state index is 3.73. The summed E-state index contributed by atoms with van der Waals surface area (Å²) in [6.45, 7) is 10.2. The van der Waals surface area contributed by atoms with Crippen molar-refractivity contribution in [1.82, 2.24) is 5.32 Å². The molecule has 0 saturated carbocycles. The molecular formula is C18H35N. The van der Waals surface area contributed by atoms with E-state index in [1.807, 2.05) is 6.08 Å². The Bertz CT molecular complexity index is 204. The summed E-state index contributed by atoms with van der Waals surface area (Å²) in [6.07, 6.45) is 17.9. The van der Waals surface area contributed by atoms with Gasteiger partial charge in [-0.25, -0.2) is 0 Å². The van der Waals surface area contributed by atoms with Crippen LogP contribution in [0.1, 0.15) is 78.1 Å². The lowest BCUT2D eigenvalue weighted by Crippen LogP contribution is -2.13. The molecule has 0 rings (SSSR count). The van der Waals surface area contributed by atoms with Crippen LogP contribution in [0.4, 0.5) is 0 Å². The number of nitrogens with one attached hydrogen (secondary N) is 1. The lowest BCUT2D eigenvalue weighted by Gasteiger charge is -2.08. The Balaban J connectivity index is 3.87. The van der Waals surface area contributed by atoms with Gasteiger partial charge in [0.25, 0.3) is 0 Å². The van der Waals surface area contributed by atoms with E-state index < -0.39 is 0 Å². The van der Waals surface area contributed by atoms with Crippen molar-refractivity contribution in [2.24, 2.45) is 0 Å². The molecule has 1 nitrogen and oxygen atoms in total. The van der Waals surface area contributed by atoms with Crippen LogP contribution >= 0.6 is 0 Å². The highest BCUT2D eigenvalue weighted by Gasteiger charge is 1.98. The van der Waals surface area contributed by atoms with Crippen LogP contribution in [0.3, 0.4) is 0 Å². The summed E-state index contributed by atoms with van der Waals surface area (Å²) >= 11 is 0. The Morgan fingerprint density at radius 3 is 1.89 bits per heavy atom. The first-order valence-corrected chi connectivity index (χ1v) is 8.34. The van der Waals surface area contributed by atoms with Crippen LogP contribution in [0.2, 0.25) is 0 Å². The molecule has 0 aromatic rings. The number of hydrogen-bond donors (Lipinski definition) is 1. The molecule has 1 N–H and O–H groups in total. The van der Waals surface area contributed by atoms with Crippen molar-refractivity contribution >= 4 is 0 Å². The lowest BCUT2D eigenvalue weighted by molar-refractivity contribution is 0.622. The smallest absolute Gasteiger partial charge is 0.0140 e. The van der Waals surface area contributed by atoms with E-state index in [1.165, 1.54) is 64.2 Å². The molecule has 0 unspecified atom stereocenters. The minimum atomic E-state index is 0.912. The van der Waals surface area contributed by atoms with Gasteiger partial charge in [0.1, 0.15) is 0 Å². The molecule has 0 aliphatic carbocycles. The Morgan fingerprint density at radius 2 is 1.42 bits per heavy atom. The Kier molecular flexibility index (Phi) is 15.0. The summed E-state index contributed by atoms with van der Waals surface area (Å²) in [5, 5.41) is 3.37. The minimum Gasteiger partial charge on any atom is -0.310 e. The Hall–Kier alpha value is -0.560. The zero-order chi connectivity index (χ0) is 14.2. The zero-order valence-electron chi connectivity index (χ0n) is 13.3. The number of rotatable bonds is 14. The van der Waals surface area contributed by atoms with Gasteiger partial charge in [-0.05, 0) is 25.7 Å². The second-order valence-electron chi connectivity index (χ2n) is 5.43. The van der Waals surface area contributed by atoms with Gasteiger partial charge < -0.3 is 5.32 Å². The molecule has 112 valence electrons. The molecule has 0 spiro atoms. The average Bonchev–Trinajstić information content (AvgIpc) is 2.43. The van der Waals surface area contributed by atoms with Crippen molar-refractivity contribution < 1.29 is 0 Å². The quantitative estimate of drug-likeness (QED) is 0.317. The largest absolute Gasteiger partial charge is 0.310 e. The third-order valence-electron chi connectivity index (χ3n) is 3.53. The van der Waals surface area contributed by atoms with Crippen molar-refractivity contribution in [3.63, 3.8) is 0 Å². The maximum Gasteiger partial charge on any atom is 0.0140 e. The third-order valence-corrected chi connectivity index (χ3v) is 3.53. The summed E-state index contributed by atoms with van der Waals surface area (Å²) in [5.41, 5.74) is 1.67. The van der Waals surface area contributed by atoms with Gasteiger partial charge >= 0.3 is 0 Å². The molecule has 0 aliphatic rings. The summed E-state index contributed by atoms with van der Waals surface area (Å²) in [5.74, 6) is 0. The van der Waals surface area contributed by atoms with Gasteiger partial charge in [0.15, 0.2) is 0 Å². The van der Waals surface area contributed by atoms with Gasteiger partial charge in [0.05, 0.1) is 0 Å². The number of hydrogen-bond acceptors (Lipinski definition) is 1. The summed E-state index contributed by atoms with van der Waals surface area (Å²) < 4.78 is 0. The maximum atomic E-state index is 3.73. The van der Waals surface area contributed by atoms with Crippen LogP contribution in [0.15, 0.2) is 24.3 Å². The van der Waals surface area contributed by atoms with Crippen molar-refractivity contribution in [3.8, 4) is 0 Å². The molecule has 0 bridgehead atoms. The predicted octanol–water partition coefficient (Wildman–Crippen LogP) is 5.63. The number of allylic oxidation sites excluding steroid dienone is 1. The van der Waals surface area contributed by atoms with Crippen molar-refractivity contribution in [1.29, 1.82) is 0 Å². The van der Waals surface area contributed by atoms with E-state index >= 15 is 0 Å². The number of unbranched alkanes of at least 4 members (excludes halogenated alkanes) is 6. The van der Waals surface area contributed by atoms with Gasteiger partial charge in [-0.1, -0.05) is 70.1 Å². The molecule has 0 aliphatic heterocycles. The second-order valence-corrected chi connectivity index (χ2v) is 5.43. The first-order valence-electron chi connectivity index (χ1n) is 8.34. The van der Waals surface area contributed by atoms with Crippen LogP contribution in [0, 0.1) is 0 Å². The average molecular weight is 265 g/mol. The van der Waals surface area contributed by atoms with E-state index in [0.717, 1.165) is 13.1 Å². The van der Waals surface area contributed by atoms with Crippen LogP contribution in [-0.2, 0) is 0 Å². The summed E-state index contributed by atoms with van der Waals surface area (Å²) in [6, 6.07) is 0. The van der Waals surface area contributed by atoms with Crippen molar-refractivity contribution in [2.45, 2.75) is 78.1 Å². The Morgan fingerprint density at radius 1 is 0.842 bits per heavy atom. The molecule has 19 heavy (non-hydrogen) atoms. The normalized spacial score (nSPS) is 10.4. The zero-order valence-corrected chi connectivity index (χ0v) is 13.3. The van der Waals surface area contributed by atoms with E-state index in [0.29, 0.717) is 0 Å². The van der Waals surface area contributed by atoms with Gasteiger partial charge in [-0.3, -0.25) is 0 Å². The molecular weight excluding hydrogens is 230 g/mol. The molecule has 0 saturated heterocycles. The van der Waals surface area contributed by atoms with Gasteiger partial charge in [0.2, 0.25) is 0 Å². The van der Waals surface area contributed by atoms with Gasteiger partial charge in [-0.2, -0.15) is 0 Å². The van der Waals surface area contributed by atoms with Crippen LogP contribution in [-0.4, -0.2) is 13.1 Å². The SMILES string of the molecule is C=CCNCC=C(CCCCCC)CCCCCC. The van der Waals surface area contributed by atoms with Crippen LogP contribution in [0.5, 0.6) is 0 Å². The minimum absolute atomic E-state index is 0.912. The molecule has 0 radical (unpaired) electrons. The summed E-state index contributed by atoms with van der Waals surface area (Å²) in [4.78, 5) is 0. The fourth-order valence-corrected chi connectivity index (χ4v) is 2.29. The highest BCUT2D eigenvalue weighted by molar-refractivity contribution is 5.03. The third kappa shape index (κ3) is 13.7. The molecule has 0 atom stereocenters. The standard InChI is InChI=1S/C18H35N/c1-4-7-9-11-13-18(14-12-10-8-5-2)15-17-19-16-6-3/h6,15,19H,3-5,7-14,16-17H2,1-2H3. The molecule has 0 heterocycles. The van der Waals surface area contributed by atoms with Crippen LogP contribution < -0.4 is 5.32 Å². The fraction of sp³-hybridized carbons (Fsp3) is 0.778. The molecule has 0 aromatic heterocycles. The highest BCUT2D eigenvalue weighted by Crippen LogP contribution is 2.17. The van der Waals surface area contributed by atoms with Gasteiger partial charge in [0, 0.05) is 13.1 Å². The van der Waals surface area contributed by atoms with Crippen molar-refractivity contribution in [2.75, 3.05) is 13.1 Å². The highest BCUT2D eigenvalue weighted by atomic mass is 14.8. The second kappa shape index (κ2) is 15.5. The van der Waals surface area contributed by atoms with E-state index in [2.05, 4.69) is 31.8 Å². The monoisotopic (exact) mass is 265 g/mol.